The van der Waals surface area contributed by atoms with Gasteiger partial charge in [-0.2, -0.15) is 0 Å². The zero-order chi connectivity index (χ0) is 12.3. The standard InChI is InChI=1S/C15H16ClN/c1-11-7-8-13(14(16)9-11)10-17-15-6-4-3-5-12(15)2/h3-9,17H,10H2,1-2H3. The van der Waals surface area contributed by atoms with E-state index >= 15 is 0 Å². The molecule has 1 N–H and O–H groups in total. The van der Waals surface area contributed by atoms with Crippen LogP contribution in [0.25, 0.3) is 0 Å². The second-order valence-corrected chi connectivity index (χ2v) is 4.67. The van der Waals surface area contributed by atoms with Crippen molar-refractivity contribution in [2.45, 2.75) is 20.4 Å². The molecule has 0 heterocycles. The van der Waals surface area contributed by atoms with E-state index in [0.717, 1.165) is 22.8 Å². The third kappa shape index (κ3) is 3.01. The summed E-state index contributed by atoms with van der Waals surface area (Å²) in [5.74, 6) is 0. The molecule has 0 unspecified atom stereocenters. The van der Waals surface area contributed by atoms with Crippen molar-refractivity contribution in [3.63, 3.8) is 0 Å². The van der Waals surface area contributed by atoms with Gasteiger partial charge in [-0.3, -0.25) is 0 Å². The number of hydrogen-bond acceptors (Lipinski definition) is 1. The summed E-state index contributed by atoms with van der Waals surface area (Å²) >= 11 is 6.20. The van der Waals surface area contributed by atoms with Gasteiger partial charge in [0.15, 0.2) is 0 Å². The first-order chi connectivity index (χ1) is 8.16. The average Bonchev–Trinajstić information content (AvgIpc) is 2.30. The molecule has 17 heavy (non-hydrogen) atoms. The second-order valence-electron chi connectivity index (χ2n) is 4.26. The zero-order valence-corrected chi connectivity index (χ0v) is 10.9. The summed E-state index contributed by atoms with van der Waals surface area (Å²) in [6, 6.07) is 14.4. The maximum Gasteiger partial charge on any atom is 0.0458 e. The van der Waals surface area contributed by atoms with Crippen molar-refractivity contribution >= 4 is 17.3 Å². The number of anilines is 1. The SMILES string of the molecule is Cc1ccc(CNc2ccccc2C)c(Cl)c1. The normalized spacial score (nSPS) is 10.3. The summed E-state index contributed by atoms with van der Waals surface area (Å²) in [5.41, 5.74) is 4.72. The lowest BCUT2D eigenvalue weighted by Crippen LogP contribution is -2.01. The molecule has 0 aliphatic carbocycles. The minimum Gasteiger partial charge on any atom is -0.381 e. The first-order valence-corrected chi connectivity index (χ1v) is 6.09. The monoisotopic (exact) mass is 245 g/mol. The van der Waals surface area contributed by atoms with Gasteiger partial charge in [0.05, 0.1) is 0 Å². The molecule has 0 aliphatic rings. The molecule has 0 aliphatic heterocycles. The topological polar surface area (TPSA) is 12.0 Å². The third-order valence-corrected chi connectivity index (χ3v) is 3.17. The third-order valence-electron chi connectivity index (χ3n) is 2.82. The van der Waals surface area contributed by atoms with E-state index in [1.165, 1.54) is 11.1 Å². The first-order valence-electron chi connectivity index (χ1n) is 5.71. The van der Waals surface area contributed by atoms with Gasteiger partial charge in [0, 0.05) is 17.3 Å². The van der Waals surface area contributed by atoms with Crippen molar-refractivity contribution in [1.82, 2.24) is 0 Å². The van der Waals surface area contributed by atoms with Crippen LogP contribution in [0, 0.1) is 13.8 Å². The van der Waals surface area contributed by atoms with Crippen LogP contribution in [0.2, 0.25) is 5.02 Å². The van der Waals surface area contributed by atoms with Gasteiger partial charge >= 0.3 is 0 Å². The molecule has 0 aromatic heterocycles. The van der Waals surface area contributed by atoms with Crippen LogP contribution in [0.5, 0.6) is 0 Å². The van der Waals surface area contributed by atoms with Crippen LogP contribution in [0.3, 0.4) is 0 Å². The molecule has 0 fully saturated rings. The number of nitrogens with one attached hydrogen (secondary N) is 1. The Kier molecular flexibility index (Phi) is 3.70. The zero-order valence-electron chi connectivity index (χ0n) is 10.1. The molecule has 0 atom stereocenters. The second kappa shape index (κ2) is 5.24. The number of halogens is 1. The average molecular weight is 246 g/mol. The van der Waals surface area contributed by atoms with Gasteiger partial charge < -0.3 is 5.32 Å². The van der Waals surface area contributed by atoms with E-state index in [2.05, 4.69) is 36.5 Å². The maximum absolute atomic E-state index is 6.20. The Morgan fingerprint density at radius 2 is 1.82 bits per heavy atom. The number of hydrogen-bond donors (Lipinski definition) is 1. The summed E-state index contributed by atoms with van der Waals surface area (Å²) in [5, 5.41) is 4.23. The fraction of sp³-hybridized carbons (Fsp3) is 0.200. The molecule has 0 amide bonds. The molecule has 2 rings (SSSR count). The fourth-order valence-corrected chi connectivity index (χ4v) is 2.06. The van der Waals surface area contributed by atoms with Crippen LogP contribution < -0.4 is 5.32 Å². The predicted octanol–water partition coefficient (Wildman–Crippen LogP) is 4.57. The quantitative estimate of drug-likeness (QED) is 0.835. The van der Waals surface area contributed by atoms with E-state index in [-0.39, 0.29) is 0 Å². The molecule has 0 saturated carbocycles. The fourth-order valence-electron chi connectivity index (χ4n) is 1.76. The molecule has 2 heteroatoms. The van der Waals surface area contributed by atoms with Gasteiger partial charge in [-0.1, -0.05) is 41.9 Å². The van der Waals surface area contributed by atoms with E-state index in [1.54, 1.807) is 0 Å². The molecule has 2 aromatic carbocycles. The van der Waals surface area contributed by atoms with E-state index < -0.39 is 0 Å². The smallest absolute Gasteiger partial charge is 0.0458 e. The van der Waals surface area contributed by atoms with Gasteiger partial charge in [-0.15, -0.1) is 0 Å². The van der Waals surface area contributed by atoms with Crippen molar-refractivity contribution in [2.24, 2.45) is 0 Å². The van der Waals surface area contributed by atoms with Crippen molar-refractivity contribution in [2.75, 3.05) is 5.32 Å². The number of aryl methyl sites for hydroxylation is 2. The molecule has 0 radical (unpaired) electrons. The summed E-state index contributed by atoms with van der Waals surface area (Å²) in [7, 11) is 0. The van der Waals surface area contributed by atoms with Crippen molar-refractivity contribution in [3.8, 4) is 0 Å². The molecular weight excluding hydrogens is 230 g/mol. The largest absolute Gasteiger partial charge is 0.381 e. The van der Waals surface area contributed by atoms with Gasteiger partial charge in [0.25, 0.3) is 0 Å². The van der Waals surface area contributed by atoms with Crippen LogP contribution in [0.4, 0.5) is 5.69 Å². The minimum atomic E-state index is 0.754. The molecular formula is C15H16ClN. The Morgan fingerprint density at radius 3 is 2.53 bits per heavy atom. The molecule has 0 bridgehead atoms. The molecule has 0 spiro atoms. The molecule has 0 saturated heterocycles. The van der Waals surface area contributed by atoms with Crippen LogP contribution in [0.15, 0.2) is 42.5 Å². The van der Waals surface area contributed by atoms with E-state index in [4.69, 9.17) is 11.6 Å². The Morgan fingerprint density at radius 1 is 1.06 bits per heavy atom. The van der Waals surface area contributed by atoms with Crippen molar-refractivity contribution in [1.29, 1.82) is 0 Å². The molecule has 88 valence electrons. The lowest BCUT2D eigenvalue weighted by molar-refractivity contribution is 1.14. The lowest BCUT2D eigenvalue weighted by Gasteiger charge is -2.10. The van der Waals surface area contributed by atoms with Gasteiger partial charge in [0.1, 0.15) is 0 Å². The molecule has 1 nitrogen and oxygen atoms in total. The highest BCUT2D eigenvalue weighted by molar-refractivity contribution is 6.31. The van der Waals surface area contributed by atoms with Gasteiger partial charge in [-0.25, -0.2) is 0 Å². The van der Waals surface area contributed by atoms with Crippen molar-refractivity contribution in [3.05, 3.63) is 64.2 Å². The first kappa shape index (κ1) is 12.0. The highest BCUT2D eigenvalue weighted by Gasteiger charge is 2.01. The van der Waals surface area contributed by atoms with Crippen LogP contribution in [-0.2, 0) is 6.54 Å². The van der Waals surface area contributed by atoms with E-state index in [9.17, 15) is 0 Å². The van der Waals surface area contributed by atoms with E-state index in [1.807, 2.05) is 25.1 Å². The summed E-state index contributed by atoms with van der Waals surface area (Å²) < 4.78 is 0. The summed E-state index contributed by atoms with van der Waals surface area (Å²) in [4.78, 5) is 0. The Balaban J connectivity index is 2.10. The Labute approximate surface area is 107 Å². The molecule has 2 aromatic rings. The van der Waals surface area contributed by atoms with Gasteiger partial charge in [0.2, 0.25) is 0 Å². The number of rotatable bonds is 3. The van der Waals surface area contributed by atoms with Gasteiger partial charge in [-0.05, 0) is 42.7 Å². The van der Waals surface area contributed by atoms with Crippen LogP contribution in [0.1, 0.15) is 16.7 Å². The van der Waals surface area contributed by atoms with Crippen LogP contribution in [-0.4, -0.2) is 0 Å². The summed E-state index contributed by atoms with van der Waals surface area (Å²) in [6.45, 7) is 4.90. The minimum absolute atomic E-state index is 0.754. The number of benzene rings is 2. The lowest BCUT2D eigenvalue weighted by atomic mass is 10.1. The number of para-hydroxylation sites is 1. The van der Waals surface area contributed by atoms with E-state index in [0.29, 0.717) is 0 Å². The Bertz CT molecular complexity index is 520. The highest BCUT2D eigenvalue weighted by Crippen LogP contribution is 2.20. The highest BCUT2D eigenvalue weighted by atomic mass is 35.5. The van der Waals surface area contributed by atoms with Crippen LogP contribution >= 0.6 is 11.6 Å². The summed E-state index contributed by atoms with van der Waals surface area (Å²) in [6.07, 6.45) is 0. The predicted molar refractivity (Wildman–Crippen MR) is 74.7 cm³/mol. The maximum atomic E-state index is 6.20. The Hall–Kier alpha value is -1.47. The van der Waals surface area contributed by atoms with Crippen molar-refractivity contribution < 1.29 is 0 Å².